The van der Waals surface area contributed by atoms with Gasteiger partial charge in [-0.3, -0.25) is 0 Å². The number of benzene rings is 3. The summed E-state index contributed by atoms with van der Waals surface area (Å²) in [5.41, 5.74) is 4.01. The molecule has 3 aromatic rings. The van der Waals surface area contributed by atoms with Crippen LogP contribution in [0.2, 0.25) is 0 Å². The number of ether oxygens (including phenoxy) is 3. The Morgan fingerprint density at radius 1 is 0.613 bits per heavy atom. The van der Waals surface area contributed by atoms with Crippen LogP contribution in [-0.2, 0) is 5.41 Å². The second-order valence-corrected chi connectivity index (χ2v) is 7.19. The Hall–Kier alpha value is -4.47. The third-order valence-corrected chi connectivity index (χ3v) is 5.41. The monoisotopic (exact) mass is 409 g/mol. The van der Waals surface area contributed by atoms with Crippen LogP contribution in [0, 0.1) is 48.4 Å². The average Bonchev–Trinajstić information content (AvgIpc) is 2.77. The predicted molar refractivity (Wildman–Crippen MR) is 113 cm³/mol. The molecule has 0 aromatic heterocycles. The molecule has 0 bridgehead atoms. The van der Waals surface area contributed by atoms with E-state index in [0.717, 1.165) is 27.8 Å². The highest BCUT2D eigenvalue weighted by molar-refractivity contribution is 5.55. The van der Waals surface area contributed by atoms with E-state index in [-0.39, 0.29) is 0 Å². The van der Waals surface area contributed by atoms with Crippen LogP contribution >= 0.6 is 0 Å². The summed E-state index contributed by atoms with van der Waals surface area (Å²) in [6.07, 6.45) is 5.10. The summed E-state index contributed by atoms with van der Waals surface area (Å²) in [6, 6.07) is 18.7. The average molecular weight is 409 g/mol. The topological polar surface area (TPSA) is 99.1 Å². The van der Waals surface area contributed by atoms with Crippen molar-refractivity contribution in [1.29, 1.82) is 15.8 Å². The van der Waals surface area contributed by atoms with Crippen molar-refractivity contribution in [2.75, 3.05) is 0 Å². The lowest BCUT2D eigenvalue weighted by atomic mass is 9.70. The second kappa shape index (κ2) is 8.91. The maximum Gasteiger partial charge on any atom is 0.292 e. The first-order valence-corrected chi connectivity index (χ1v) is 9.44. The molecule has 0 amide bonds. The zero-order valence-corrected chi connectivity index (χ0v) is 17.3. The van der Waals surface area contributed by atoms with E-state index in [1.165, 1.54) is 0 Å². The van der Waals surface area contributed by atoms with Gasteiger partial charge in [-0.1, -0.05) is 36.4 Å². The van der Waals surface area contributed by atoms with E-state index in [2.05, 4.69) is 6.92 Å². The zero-order chi connectivity index (χ0) is 22.4. The van der Waals surface area contributed by atoms with Gasteiger partial charge in [0.1, 0.15) is 17.2 Å². The Labute approximate surface area is 181 Å². The number of rotatable bonds is 6. The molecule has 3 aromatic carbocycles. The van der Waals surface area contributed by atoms with Crippen LogP contribution in [0.5, 0.6) is 17.2 Å². The van der Waals surface area contributed by atoms with Crippen molar-refractivity contribution >= 4 is 0 Å². The first kappa shape index (κ1) is 21.2. The fraction of sp³-hybridized carbons (Fsp3) is 0.160. The van der Waals surface area contributed by atoms with Gasteiger partial charge in [0.25, 0.3) is 18.8 Å². The van der Waals surface area contributed by atoms with Gasteiger partial charge in [0.15, 0.2) is 0 Å². The van der Waals surface area contributed by atoms with Gasteiger partial charge < -0.3 is 14.2 Å². The summed E-state index contributed by atoms with van der Waals surface area (Å²) in [4.78, 5) is 0. The van der Waals surface area contributed by atoms with E-state index in [1.54, 1.807) is 43.0 Å². The van der Waals surface area contributed by atoms with Gasteiger partial charge in [0.2, 0.25) is 0 Å². The quantitative estimate of drug-likeness (QED) is 0.408. The van der Waals surface area contributed by atoms with Crippen molar-refractivity contribution in [2.45, 2.75) is 26.2 Å². The van der Waals surface area contributed by atoms with Gasteiger partial charge in [-0.25, -0.2) is 0 Å². The molecule has 0 atom stereocenters. The first-order chi connectivity index (χ1) is 14.9. The highest BCUT2D eigenvalue weighted by Gasteiger charge is 2.32. The van der Waals surface area contributed by atoms with Gasteiger partial charge >= 0.3 is 0 Å². The lowest BCUT2D eigenvalue weighted by Crippen LogP contribution is -2.25. The number of hydrogen-bond donors (Lipinski definition) is 0. The van der Waals surface area contributed by atoms with Crippen molar-refractivity contribution in [2.24, 2.45) is 0 Å². The largest absolute Gasteiger partial charge is 0.388 e. The van der Waals surface area contributed by atoms with E-state index in [9.17, 15) is 0 Å². The van der Waals surface area contributed by atoms with E-state index in [0.29, 0.717) is 17.2 Å². The van der Waals surface area contributed by atoms with Gasteiger partial charge in [-0.2, -0.15) is 0 Å². The summed E-state index contributed by atoms with van der Waals surface area (Å²) in [5, 5.41) is 26.5. The van der Waals surface area contributed by atoms with Crippen LogP contribution in [-0.4, -0.2) is 0 Å². The molecule has 0 aliphatic heterocycles. The minimum absolute atomic E-state index is 0.455. The molecule has 0 radical (unpaired) electrons. The van der Waals surface area contributed by atoms with E-state index >= 15 is 0 Å². The molecular formula is C25H19N3O3. The zero-order valence-electron chi connectivity index (χ0n) is 17.3. The minimum Gasteiger partial charge on any atom is -0.388 e. The predicted octanol–water partition coefficient (Wildman–Crippen LogP) is 5.24. The second-order valence-electron chi connectivity index (χ2n) is 7.19. The highest BCUT2D eigenvalue weighted by atomic mass is 16.5. The lowest BCUT2D eigenvalue weighted by Gasteiger charge is -2.33. The van der Waals surface area contributed by atoms with Gasteiger partial charge in [0.05, 0.1) is 0 Å². The van der Waals surface area contributed by atoms with Crippen LogP contribution in [0.3, 0.4) is 0 Å². The van der Waals surface area contributed by atoms with Crippen LogP contribution in [0.25, 0.3) is 0 Å². The number of nitrogens with zero attached hydrogens (tertiary/aromatic N) is 3. The van der Waals surface area contributed by atoms with Crippen molar-refractivity contribution in [3.8, 4) is 36.0 Å². The molecule has 31 heavy (non-hydrogen) atoms. The van der Waals surface area contributed by atoms with E-state index in [4.69, 9.17) is 30.0 Å². The molecule has 6 heteroatoms. The van der Waals surface area contributed by atoms with Crippen molar-refractivity contribution in [3.63, 3.8) is 0 Å². The van der Waals surface area contributed by atoms with Gasteiger partial charge in [-0.15, -0.1) is 15.8 Å². The van der Waals surface area contributed by atoms with Crippen LogP contribution in [0.1, 0.15) is 34.7 Å². The van der Waals surface area contributed by atoms with Gasteiger partial charge in [-0.05, 0) is 72.9 Å². The normalized spacial score (nSPS) is 10.3. The minimum atomic E-state index is -0.586. The molecule has 0 spiro atoms. The lowest BCUT2D eigenvalue weighted by molar-refractivity contribution is 0.501. The van der Waals surface area contributed by atoms with Crippen molar-refractivity contribution < 1.29 is 14.2 Å². The fourth-order valence-electron chi connectivity index (χ4n) is 3.66. The molecule has 0 saturated carbocycles. The third kappa shape index (κ3) is 4.13. The summed E-state index contributed by atoms with van der Waals surface area (Å²) in [5.74, 6) is 1.46. The Balaban J connectivity index is 2.20. The number of nitriles is 3. The summed E-state index contributed by atoms with van der Waals surface area (Å²) >= 11 is 0. The summed E-state index contributed by atoms with van der Waals surface area (Å²) in [6.45, 7) is 5.86. The Bertz CT molecular complexity index is 1160. The molecule has 0 N–H and O–H groups in total. The van der Waals surface area contributed by atoms with Crippen molar-refractivity contribution in [1.82, 2.24) is 0 Å². The molecular weight excluding hydrogens is 390 g/mol. The molecule has 0 unspecified atom stereocenters. The molecule has 3 rings (SSSR count). The Morgan fingerprint density at radius 3 is 1.42 bits per heavy atom. The molecule has 6 nitrogen and oxygen atoms in total. The Kier molecular flexibility index (Phi) is 6.10. The summed E-state index contributed by atoms with van der Waals surface area (Å²) in [7, 11) is 0. The fourth-order valence-corrected chi connectivity index (χ4v) is 3.66. The van der Waals surface area contributed by atoms with Crippen LogP contribution < -0.4 is 14.2 Å². The molecule has 0 saturated heterocycles. The van der Waals surface area contributed by atoms with Crippen LogP contribution in [0.15, 0.2) is 60.7 Å². The van der Waals surface area contributed by atoms with Gasteiger partial charge in [0, 0.05) is 5.41 Å². The maximum atomic E-state index is 8.86. The first-order valence-electron chi connectivity index (χ1n) is 9.44. The number of hydrogen-bond acceptors (Lipinski definition) is 6. The third-order valence-electron chi connectivity index (χ3n) is 5.41. The van der Waals surface area contributed by atoms with Crippen molar-refractivity contribution in [3.05, 3.63) is 88.5 Å². The van der Waals surface area contributed by atoms with E-state index in [1.807, 2.05) is 50.2 Å². The number of aryl methyl sites for hydroxylation is 2. The molecule has 0 fully saturated rings. The van der Waals surface area contributed by atoms with E-state index < -0.39 is 5.41 Å². The van der Waals surface area contributed by atoms with Crippen LogP contribution in [0.4, 0.5) is 0 Å². The Morgan fingerprint density at radius 2 is 1.03 bits per heavy atom. The summed E-state index contributed by atoms with van der Waals surface area (Å²) < 4.78 is 15.0. The molecule has 0 aliphatic rings. The molecule has 0 aliphatic carbocycles. The SMILES string of the molecule is Cc1cc(C(C)(c2ccc(OC#N)cc2)c2ccc(OC#N)c(C)c2)ccc1OC#N. The smallest absolute Gasteiger partial charge is 0.292 e. The standard InChI is InChI=1S/C25H19N3O3/c1-17-12-20(6-10-23(17)30-15-27)25(3,19-4-8-22(9-5-19)29-14-26)21-7-11-24(31-16-28)18(2)13-21/h4-13H,1-3H3. The highest BCUT2D eigenvalue weighted by Crippen LogP contribution is 2.42. The maximum absolute atomic E-state index is 8.86. The molecule has 152 valence electrons. The molecule has 0 heterocycles.